The summed E-state index contributed by atoms with van der Waals surface area (Å²) >= 11 is 0. The number of nitrogens with zero attached hydrogens (tertiary/aromatic N) is 2. The number of ether oxygens (including phenoxy) is 1. The highest BCUT2D eigenvalue weighted by atomic mass is 16.5. The van der Waals surface area contributed by atoms with Crippen LogP contribution in [0.25, 0.3) is 0 Å². The highest BCUT2D eigenvalue weighted by Gasteiger charge is 2.13. The molecule has 0 fully saturated rings. The molecule has 106 valence electrons. The van der Waals surface area contributed by atoms with Gasteiger partial charge in [0.1, 0.15) is 5.75 Å². The molecule has 0 unspecified atom stereocenters. The van der Waals surface area contributed by atoms with Crippen LogP contribution in [0.15, 0.2) is 36.7 Å². The Labute approximate surface area is 120 Å². The third-order valence-electron chi connectivity index (χ3n) is 2.99. The molecular weight excluding hydrogens is 250 g/mol. The highest BCUT2D eigenvalue weighted by Crippen LogP contribution is 2.25. The monoisotopic (exact) mass is 271 g/mol. The van der Waals surface area contributed by atoms with Gasteiger partial charge in [-0.15, -0.1) is 0 Å². The van der Waals surface area contributed by atoms with Crippen molar-refractivity contribution in [3.8, 4) is 11.8 Å². The molecule has 1 aromatic carbocycles. The highest BCUT2D eigenvalue weighted by molar-refractivity contribution is 5.32. The lowest BCUT2D eigenvalue weighted by Crippen LogP contribution is -2.10. The van der Waals surface area contributed by atoms with Gasteiger partial charge in [0.05, 0.1) is 0 Å². The molecule has 0 radical (unpaired) electrons. The molecular formula is C16H21N3O. The van der Waals surface area contributed by atoms with E-state index in [-0.39, 0.29) is 5.41 Å². The molecule has 0 saturated heterocycles. The van der Waals surface area contributed by atoms with Gasteiger partial charge in [-0.3, -0.25) is 0 Å². The first-order chi connectivity index (χ1) is 9.49. The van der Waals surface area contributed by atoms with Crippen LogP contribution < -0.4 is 10.1 Å². The molecule has 0 aliphatic carbocycles. The van der Waals surface area contributed by atoms with Crippen LogP contribution in [0.5, 0.6) is 11.8 Å². The first-order valence-electron chi connectivity index (χ1n) is 6.73. The topological polar surface area (TPSA) is 47.0 Å². The molecule has 4 nitrogen and oxygen atoms in total. The molecule has 1 aromatic heterocycles. The largest absolute Gasteiger partial charge is 0.424 e. The van der Waals surface area contributed by atoms with Gasteiger partial charge in [0.2, 0.25) is 0 Å². The lowest BCUT2D eigenvalue weighted by atomic mass is 9.87. The van der Waals surface area contributed by atoms with Crippen molar-refractivity contribution >= 4 is 0 Å². The summed E-state index contributed by atoms with van der Waals surface area (Å²) in [5, 5.41) is 3.05. The van der Waals surface area contributed by atoms with Crippen LogP contribution in [0, 0.1) is 0 Å². The van der Waals surface area contributed by atoms with Crippen LogP contribution in [0.2, 0.25) is 0 Å². The molecule has 4 heteroatoms. The third kappa shape index (κ3) is 3.78. The van der Waals surface area contributed by atoms with Crippen LogP contribution in [-0.2, 0) is 12.0 Å². The van der Waals surface area contributed by atoms with Gasteiger partial charge in [0.15, 0.2) is 0 Å². The molecule has 0 atom stereocenters. The minimum atomic E-state index is 0.143. The van der Waals surface area contributed by atoms with Gasteiger partial charge in [-0.2, -0.15) is 0 Å². The van der Waals surface area contributed by atoms with Crippen LogP contribution >= 0.6 is 0 Å². The van der Waals surface area contributed by atoms with E-state index in [1.54, 1.807) is 12.4 Å². The zero-order chi connectivity index (χ0) is 14.6. The Morgan fingerprint density at radius 3 is 2.15 bits per heavy atom. The summed E-state index contributed by atoms with van der Waals surface area (Å²) in [6.45, 7) is 7.31. The zero-order valence-electron chi connectivity index (χ0n) is 12.5. The van der Waals surface area contributed by atoms with Crippen molar-refractivity contribution in [2.45, 2.75) is 32.7 Å². The van der Waals surface area contributed by atoms with Crippen LogP contribution in [-0.4, -0.2) is 17.0 Å². The van der Waals surface area contributed by atoms with E-state index in [0.29, 0.717) is 6.01 Å². The summed E-state index contributed by atoms with van der Waals surface area (Å²) < 4.78 is 5.64. The number of benzene rings is 1. The second kappa shape index (κ2) is 6.01. The van der Waals surface area contributed by atoms with Gasteiger partial charge in [-0.25, -0.2) is 9.97 Å². The molecule has 1 heterocycles. The Balaban J connectivity index is 2.06. The summed E-state index contributed by atoms with van der Waals surface area (Å²) in [5.74, 6) is 0.749. The van der Waals surface area contributed by atoms with E-state index in [1.165, 1.54) is 5.56 Å². The summed E-state index contributed by atoms with van der Waals surface area (Å²) in [4.78, 5) is 8.38. The summed E-state index contributed by atoms with van der Waals surface area (Å²) in [6.07, 6.45) is 3.53. The van der Waals surface area contributed by atoms with Crippen molar-refractivity contribution < 1.29 is 4.74 Å². The maximum Gasteiger partial charge on any atom is 0.321 e. The molecule has 20 heavy (non-hydrogen) atoms. The number of aromatic nitrogens is 2. The quantitative estimate of drug-likeness (QED) is 0.927. The number of hydrogen-bond donors (Lipinski definition) is 1. The normalized spacial score (nSPS) is 11.4. The van der Waals surface area contributed by atoms with Crippen molar-refractivity contribution in [1.29, 1.82) is 0 Å². The van der Waals surface area contributed by atoms with Crippen molar-refractivity contribution in [2.24, 2.45) is 0 Å². The van der Waals surface area contributed by atoms with Crippen LogP contribution in [0.4, 0.5) is 0 Å². The first kappa shape index (κ1) is 14.5. The summed E-state index contributed by atoms with van der Waals surface area (Å²) in [6, 6.07) is 8.42. The Hall–Kier alpha value is -1.94. The van der Waals surface area contributed by atoms with E-state index in [4.69, 9.17) is 4.74 Å². The van der Waals surface area contributed by atoms with Gasteiger partial charge in [-0.1, -0.05) is 32.9 Å². The fourth-order valence-electron chi connectivity index (χ4n) is 1.82. The minimum absolute atomic E-state index is 0.143. The van der Waals surface area contributed by atoms with Crippen molar-refractivity contribution in [2.75, 3.05) is 7.05 Å². The van der Waals surface area contributed by atoms with Gasteiger partial charge >= 0.3 is 6.01 Å². The SMILES string of the molecule is CNCc1cnc(Oc2ccc(C(C)(C)C)cc2)nc1. The minimum Gasteiger partial charge on any atom is -0.424 e. The second-order valence-corrected chi connectivity index (χ2v) is 5.78. The average molecular weight is 271 g/mol. The smallest absolute Gasteiger partial charge is 0.321 e. The molecule has 2 aromatic rings. The van der Waals surface area contributed by atoms with E-state index in [9.17, 15) is 0 Å². The zero-order valence-corrected chi connectivity index (χ0v) is 12.5. The fraction of sp³-hybridized carbons (Fsp3) is 0.375. The molecule has 0 bridgehead atoms. The fourth-order valence-corrected chi connectivity index (χ4v) is 1.82. The first-order valence-corrected chi connectivity index (χ1v) is 6.73. The van der Waals surface area contributed by atoms with Gasteiger partial charge < -0.3 is 10.1 Å². The predicted molar refractivity (Wildman–Crippen MR) is 80.0 cm³/mol. The number of hydrogen-bond acceptors (Lipinski definition) is 4. The average Bonchev–Trinajstić information content (AvgIpc) is 2.41. The van der Waals surface area contributed by atoms with E-state index in [2.05, 4.69) is 48.2 Å². The summed E-state index contributed by atoms with van der Waals surface area (Å²) in [5.41, 5.74) is 2.45. The Morgan fingerprint density at radius 1 is 1.05 bits per heavy atom. The molecule has 0 aliphatic heterocycles. The molecule has 0 saturated carbocycles. The molecule has 0 amide bonds. The van der Waals surface area contributed by atoms with Crippen molar-refractivity contribution in [3.63, 3.8) is 0 Å². The van der Waals surface area contributed by atoms with E-state index in [0.717, 1.165) is 17.9 Å². The standard InChI is InChI=1S/C16H21N3O/c1-16(2,3)13-5-7-14(8-6-13)20-15-18-10-12(9-17-4)11-19-15/h5-8,10-11,17H,9H2,1-4H3. The van der Waals surface area contributed by atoms with Crippen molar-refractivity contribution in [3.05, 3.63) is 47.8 Å². The van der Waals surface area contributed by atoms with Crippen LogP contribution in [0.3, 0.4) is 0 Å². The van der Waals surface area contributed by atoms with Gasteiger partial charge in [0, 0.05) is 24.5 Å². The molecule has 0 spiro atoms. The second-order valence-electron chi connectivity index (χ2n) is 5.78. The molecule has 1 N–H and O–H groups in total. The van der Waals surface area contributed by atoms with E-state index in [1.807, 2.05) is 19.2 Å². The third-order valence-corrected chi connectivity index (χ3v) is 2.99. The number of rotatable bonds is 4. The Bertz CT molecular complexity index is 541. The summed E-state index contributed by atoms with van der Waals surface area (Å²) in [7, 11) is 1.89. The van der Waals surface area contributed by atoms with Crippen molar-refractivity contribution in [1.82, 2.24) is 15.3 Å². The maximum atomic E-state index is 5.64. The lowest BCUT2D eigenvalue weighted by molar-refractivity contribution is 0.440. The van der Waals surface area contributed by atoms with Gasteiger partial charge in [0.25, 0.3) is 0 Å². The molecule has 2 rings (SSSR count). The number of nitrogens with one attached hydrogen (secondary N) is 1. The molecule has 0 aliphatic rings. The van der Waals surface area contributed by atoms with Gasteiger partial charge in [-0.05, 0) is 30.2 Å². The predicted octanol–water partition coefficient (Wildman–Crippen LogP) is 3.29. The van der Waals surface area contributed by atoms with Crippen LogP contribution in [0.1, 0.15) is 31.9 Å². The van der Waals surface area contributed by atoms with E-state index >= 15 is 0 Å². The van der Waals surface area contributed by atoms with E-state index < -0.39 is 0 Å². The Morgan fingerprint density at radius 2 is 1.65 bits per heavy atom. The lowest BCUT2D eigenvalue weighted by Gasteiger charge is -2.18. The Kier molecular flexibility index (Phi) is 4.35. The maximum absolute atomic E-state index is 5.64.